The zero-order valence-electron chi connectivity index (χ0n) is 15.3. The molecule has 2 N–H and O–H groups in total. The van der Waals surface area contributed by atoms with E-state index in [0.29, 0.717) is 16.4 Å². The zero-order chi connectivity index (χ0) is 19.5. The quantitative estimate of drug-likeness (QED) is 0.462. The Hall–Kier alpha value is -3.10. The minimum Gasteiger partial charge on any atom is -0.308 e. The van der Waals surface area contributed by atoms with Crippen molar-refractivity contribution in [1.29, 1.82) is 0 Å². The van der Waals surface area contributed by atoms with Gasteiger partial charge in [0, 0.05) is 28.2 Å². The number of hydrogen-bond donors (Lipinski definition) is 2. The van der Waals surface area contributed by atoms with Gasteiger partial charge in [-0.15, -0.1) is 5.10 Å². The molecule has 0 unspecified atom stereocenters. The average Bonchev–Trinajstić information content (AvgIpc) is 3.35. The number of aryl methyl sites for hydroxylation is 2. The van der Waals surface area contributed by atoms with Crippen LogP contribution in [0.3, 0.4) is 0 Å². The Morgan fingerprint density at radius 2 is 1.82 bits per heavy atom. The molecule has 6 nitrogen and oxygen atoms in total. The molecular weight excluding hydrogens is 390 g/mol. The smallest absolute Gasteiger partial charge is 0.308 e. The number of benzene rings is 2. The Balaban J connectivity index is 1.67. The van der Waals surface area contributed by atoms with Gasteiger partial charge in [0.25, 0.3) is 0 Å². The molecule has 28 heavy (non-hydrogen) atoms. The molecule has 0 spiro atoms. The number of aromatic nitrogens is 3. The van der Waals surface area contributed by atoms with E-state index >= 15 is 0 Å². The normalized spacial score (nSPS) is 10.6. The van der Waals surface area contributed by atoms with Gasteiger partial charge in [0.05, 0.1) is 11.4 Å². The Kier molecular flexibility index (Phi) is 5.14. The number of nitrogens with zero attached hydrogens (tertiary/aromatic N) is 3. The molecule has 0 atom stereocenters. The number of amides is 2. The molecule has 2 heterocycles. The summed E-state index contributed by atoms with van der Waals surface area (Å²) in [5.74, 6) is 0. The summed E-state index contributed by atoms with van der Waals surface area (Å²) in [6, 6.07) is 15.8. The molecule has 8 heteroatoms. The summed E-state index contributed by atoms with van der Waals surface area (Å²) in [5, 5.41) is 12.1. The van der Waals surface area contributed by atoms with Crippen molar-refractivity contribution < 1.29 is 4.79 Å². The van der Waals surface area contributed by atoms with Crippen LogP contribution in [0.25, 0.3) is 22.4 Å². The number of nitrogens with one attached hydrogen (secondary N) is 2. The first-order valence-electron chi connectivity index (χ1n) is 8.59. The van der Waals surface area contributed by atoms with E-state index < -0.39 is 0 Å². The van der Waals surface area contributed by atoms with Gasteiger partial charge in [-0.05, 0) is 60.3 Å². The Morgan fingerprint density at radius 3 is 2.54 bits per heavy atom. The maximum atomic E-state index is 12.4. The van der Waals surface area contributed by atoms with Crippen LogP contribution < -0.4 is 10.6 Å². The van der Waals surface area contributed by atoms with Crippen molar-refractivity contribution in [2.24, 2.45) is 0 Å². The third-order valence-electron chi connectivity index (χ3n) is 4.31. The van der Waals surface area contributed by atoms with Crippen LogP contribution in [0.2, 0.25) is 0 Å². The van der Waals surface area contributed by atoms with Crippen molar-refractivity contribution in [1.82, 2.24) is 14.0 Å². The maximum Gasteiger partial charge on any atom is 0.324 e. The molecule has 4 aromatic rings. The fraction of sp³-hybridized carbons (Fsp3) is 0.100. The SMILES string of the molecule is Cc1ccccc1-c1ccc(NC(=O)Nc2snnc2C)cc1-c1ccsn1. The van der Waals surface area contributed by atoms with E-state index in [1.165, 1.54) is 17.1 Å². The highest BCUT2D eigenvalue weighted by Gasteiger charge is 2.14. The summed E-state index contributed by atoms with van der Waals surface area (Å²) in [7, 11) is 0. The maximum absolute atomic E-state index is 12.4. The van der Waals surface area contributed by atoms with Gasteiger partial charge in [-0.1, -0.05) is 34.8 Å². The molecule has 0 radical (unpaired) electrons. The molecule has 0 aliphatic carbocycles. The van der Waals surface area contributed by atoms with Gasteiger partial charge in [0.1, 0.15) is 5.00 Å². The first-order valence-corrected chi connectivity index (χ1v) is 10.2. The predicted octanol–water partition coefficient (Wildman–Crippen LogP) is 5.59. The van der Waals surface area contributed by atoms with Crippen LogP contribution >= 0.6 is 23.1 Å². The summed E-state index contributed by atoms with van der Waals surface area (Å²) in [6.07, 6.45) is 0. The molecule has 2 amide bonds. The van der Waals surface area contributed by atoms with Gasteiger partial charge in [-0.3, -0.25) is 5.32 Å². The fourth-order valence-electron chi connectivity index (χ4n) is 2.91. The third kappa shape index (κ3) is 3.78. The molecule has 140 valence electrons. The van der Waals surface area contributed by atoms with E-state index in [1.807, 2.05) is 41.8 Å². The van der Waals surface area contributed by atoms with Gasteiger partial charge in [-0.2, -0.15) is 4.37 Å². The molecule has 0 fully saturated rings. The number of urea groups is 1. The summed E-state index contributed by atoms with van der Waals surface area (Å²) in [4.78, 5) is 12.4. The lowest BCUT2D eigenvalue weighted by Crippen LogP contribution is -2.19. The molecule has 0 saturated heterocycles. The van der Waals surface area contributed by atoms with Crippen molar-refractivity contribution in [2.45, 2.75) is 13.8 Å². The van der Waals surface area contributed by atoms with Gasteiger partial charge in [-0.25, -0.2) is 4.79 Å². The second-order valence-electron chi connectivity index (χ2n) is 6.23. The molecule has 2 aromatic heterocycles. The van der Waals surface area contributed by atoms with Crippen LogP contribution in [0.15, 0.2) is 53.9 Å². The lowest BCUT2D eigenvalue weighted by Gasteiger charge is -2.13. The minimum absolute atomic E-state index is 0.331. The monoisotopic (exact) mass is 407 g/mol. The topological polar surface area (TPSA) is 79.8 Å². The fourth-order valence-corrected chi connectivity index (χ4v) is 3.99. The third-order valence-corrected chi connectivity index (χ3v) is 5.61. The van der Waals surface area contributed by atoms with Crippen LogP contribution in [0.1, 0.15) is 11.3 Å². The van der Waals surface area contributed by atoms with Crippen LogP contribution in [0.4, 0.5) is 15.5 Å². The predicted molar refractivity (Wildman–Crippen MR) is 115 cm³/mol. The highest BCUT2D eigenvalue weighted by molar-refractivity contribution is 7.10. The molecule has 0 aliphatic heterocycles. The van der Waals surface area contributed by atoms with Crippen molar-refractivity contribution in [3.8, 4) is 22.4 Å². The minimum atomic E-state index is -0.331. The summed E-state index contributed by atoms with van der Waals surface area (Å²) in [5.41, 5.74) is 6.65. The molecule has 0 aliphatic rings. The summed E-state index contributed by atoms with van der Waals surface area (Å²) >= 11 is 2.55. The van der Waals surface area contributed by atoms with Crippen molar-refractivity contribution in [2.75, 3.05) is 10.6 Å². The first-order chi connectivity index (χ1) is 13.6. The Morgan fingerprint density at radius 1 is 0.964 bits per heavy atom. The molecule has 0 saturated carbocycles. The van der Waals surface area contributed by atoms with E-state index in [-0.39, 0.29) is 6.03 Å². The van der Waals surface area contributed by atoms with Crippen molar-refractivity contribution in [3.05, 3.63) is 65.2 Å². The lowest BCUT2D eigenvalue weighted by atomic mass is 9.94. The van der Waals surface area contributed by atoms with Crippen molar-refractivity contribution >= 4 is 39.8 Å². The Labute approximate surface area is 170 Å². The van der Waals surface area contributed by atoms with Crippen LogP contribution in [0, 0.1) is 13.8 Å². The van der Waals surface area contributed by atoms with Crippen molar-refractivity contribution in [3.63, 3.8) is 0 Å². The lowest BCUT2D eigenvalue weighted by molar-refractivity contribution is 0.262. The first kappa shape index (κ1) is 18.3. The van der Waals surface area contributed by atoms with Gasteiger partial charge in [0.2, 0.25) is 0 Å². The van der Waals surface area contributed by atoms with Gasteiger partial charge in [0.15, 0.2) is 0 Å². The number of anilines is 2. The second kappa shape index (κ2) is 7.87. The van der Waals surface area contributed by atoms with E-state index in [9.17, 15) is 4.79 Å². The van der Waals surface area contributed by atoms with Crippen LogP contribution in [-0.2, 0) is 0 Å². The second-order valence-corrected chi connectivity index (χ2v) is 7.65. The van der Waals surface area contributed by atoms with E-state index in [1.54, 1.807) is 6.92 Å². The number of carbonyl (C=O) groups is 1. The standard InChI is InChI=1S/C20H17N5OS2/c1-12-5-3-4-6-15(12)16-8-7-14(11-17(16)18-9-10-27-24-18)21-20(26)22-19-13(2)23-25-28-19/h3-11H,1-2H3,(H2,21,22,26). The van der Waals surface area contributed by atoms with E-state index in [2.05, 4.69) is 43.7 Å². The van der Waals surface area contributed by atoms with Crippen LogP contribution in [0.5, 0.6) is 0 Å². The van der Waals surface area contributed by atoms with E-state index in [4.69, 9.17) is 0 Å². The summed E-state index contributed by atoms with van der Waals surface area (Å²) in [6.45, 7) is 3.89. The highest BCUT2D eigenvalue weighted by Crippen LogP contribution is 2.35. The van der Waals surface area contributed by atoms with Crippen LogP contribution in [-0.4, -0.2) is 20.0 Å². The zero-order valence-corrected chi connectivity index (χ0v) is 16.9. The average molecular weight is 408 g/mol. The number of hydrogen-bond acceptors (Lipinski definition) is 6. The molecule has 4 rings (SSSR count). The number of rotatable bonds is 4. The summed E-state index contributed by atoms with van der Waals surface area (Å²) < 4.78 is 8.32. The Bertz CT molecular complexity index is 1120. The van der Waals surface area contributed by atoms with Gasteiger partial charge >= 0.3 is 6.03 Å². The molecular formula is C20H17N5OS2. The van der Waals surface area contributed by atoms with E-state index in [0.717, 1.165) is 33.9 Å². The number of carbonyl (C=O) groups excluding carboxylic acids is 1. The largest absolute Gasteiger partial charge is 0.324 e. The van der Waals surface area contributed by atoms with Gasteiger partial charge < -0.3 is 5.32 Å². The molecule has 0 bridgehead atoms. The molecule has 2 aromatic carbocycles. The highest BCUT2D eigenvalue weighted by atomic mass is 32.1.